The Morgan fingerprint density at radius 1 is 1.31 bits per heavy atom. The maximum absolute atomic E-state index is 12.1. The smallest absolute Gasteiger partial charge is 0.219 e. The quantitative estimate of drug-likeness (QED) is 0.600. The van der Waals surface area contributed by atoms with Crippen molar-refractivity contribution in [2.24, 2.45) is 17.3 Å². The molecule has 1 saturated heterocycles. The molecule has 1 aromatic heterocycles. The van der Waals surface area contributed by atoms with Gasteiger partial charge in [-0.05, 0) is 55.1 Å². The maximum Gasteiger partial charge on any atom is 0.219 e. The molecule has 4 heteroatoms. The Morgan fingerprint density at radius 2 is 2.08 bits per heavy atom. The predicted molar refractivity (Wildman–Crippen MR) is 105 cm³/mol. The van der Waals surface area contributed by atoms with E-state index in [-0.39, 0.29) is 11.3 Å². The topological polar surface area (TPSA) is 42.7 Å². The maximum atomic E-state index is 12.1. The lowest BCUT2D eigenvalue weighted by Gasteiger charge is -2.44. The highest BCUT2D eigenvalue weighted by Crippen LogP contribution is 2.43. The third kappa shape index (κ3) is 6.15. The average Bonchev–Trinajstić information content (AvgIpc) is 3.10. The summed E-state index contributed by atoms with van der Waals surface area (Å²) in [5.74, 6) is 2.22. The zero-order valence-corrected chi connectivity index (χ0v) is 17.3. The average molecular weight is 364 g/mol. The second-order valence-electron chi connectivity index (χ2n) is 8.81. The van der Waals surface area contributed by atoms with Crippen molar-refractivity contribution in [3.8, 4) is 0 Å². The molecule has 4 nitrogen and oxygen atoms in total. The van der Waals surface area contributed by atoms with Crippen LogP contribution in [0.4, 0.5) is 0 Å². The molecule has 0 saturated carbocycles. The lowest BCUT2D eigenvalue weighted by Crippen LogP contribution is -2.41. The van der Waals surface area contributed by atoms with Gasteiger partial charge in [0.15, 0.2) is 0 Å². The van der Waals surface area contributed by atoms with Crippen LogP contribution < -0.4 is 0 Å². The molecular formula is C22H37NO3. The Morgan fingerprint density at radius 3 is 2.65 bits per heavy atom. The molecule has 1 aliphatic heterocycles. The number of hydrogen-bond donors (Lipinski definition) is 0. The molecule has 26 heavy (non-hydrogen) atoms. The van der Waals surface area contributed by atoms with Gasteiger partial charge in [-0.3, -0.25) is 4.79 Å². The van der Waals surface area contributed by atoms with E-state index in [0.717, 1.165) is 38.2 Å². The molecule has 0 N–H and O–H groups in total. The van der Waals surface area contributed by atoms with Crippen molar-refractivity contribution < 1.29 is 13.9 Å². The summed E-state index contributed by atoms with van der Waals surface area (Å²) in [6, 6.07) is 3.82. The first-order chi connectivity index (χ1) is 12.3. The van der Waals surface area contributed by atoms with E-state index in [2.05, 4.69) is 27.7 Å². The van der Waals surface area contributed by atoms with Gasteiger partial charge in [0.05, 0.1) is 18.9 Å². The first kappa shape index (κ1) is 21.0. The molecule has 1 amide bonds. The molecule has 0 aromatic carbocycles. The van der Waals surface area contributed by atoms with E-state index in [1.54, 1.807) is 13.2 Å². The molecule has 0 aliphatic carbocycles. The minimum absolute atomic E-state index is 0.118. The SMILES string of the molecule is CC(=O)N(CC[C@]1(CCC(C)C)CCO[C@H](C(C)C)C1)Cc1ccco1. The molecule has 1 aliphatic rings. The summed E-state index contributed by atoms with van der Waals surface area (Å²) in [6.07, 6.45) is 7.74. The van der Waals surface area contributed by atoms with E-state index in [0.29, 0.717) is 24.5 Å². The summed E-state index contributed by atoms with van der Waals surface area (Å²) >= 11 is 0. The lowest BCUT2D eigenvalue weighted by molar-refractivity contribution is -0.131. The van der Waals surface area contributed by atoms with E-state index in [4.69, 9.17) is 9.15 Å². The standard InChI is InChI=1S/C22H37NO3/c1-17(2)8-9-22(11-14-26-21(15-22)18(3)4)10-12-23(19(5)24)16-20-7-6-13-25-20/h6-7,13,17-18,21H,8-12,14-16H2,1-5H3/t21-,22+/m0/s1. The number of hydrogen-bond acceptors (Lipinski definition) is 3. The zero-order chi connectivity index (χ0) is 19.2. The van der Waals surface area contributed by atoms with Gasteiger partial charge in [0.1, 0.15) is 5.76 Å². The van der Waals surface area contributed by atoms with Crippen LogP contribution in [0.15, 0.2) is 22.8 Å². The van der Waals surface area contributed by atoms with Gasteiger partial charge in [-0.25, -0.2) is 0 Å². The molecule has 2 atom stereocenters. The normalized spacial score (nSPS) is 23.6. The summed E-state index contributed by atoms with van der Waals surface area (Å²) in [4.78, 5) is 14.1. The minimum atomic E-state index is 0.118. The van der Waals surface area contributed by atoms with Gasteiger partial charge < -0.3 is 14.1 Å². The van der Waals surface area contributed by atoms with Crippen molar-refractivity contribution in [1.82, 2.24) is 4.90 Å². The molecule has 2 rings (SSSR count). The van der Waals surface area contributed by atoms with E-state index in [9.17, 15) is 4.79 Å². The second-order valence-corrected chi connectivity index (χ2v) is 8.81. The Kier molecular flexibility index (Phi) is 7.75. The highest BCUT2D eigenvalue weighted by molar-refractivity contribution is 5.73. The lowest BCUT2D eigenvalue weighted by atomic mass is 9.69. The van der Waals surface area contributed by atoms with Crippen LogP contribution in [0.5, 0.6) is 0 Å². The predicted octanol–water partition coefficient (Wildman–Crippen LogP) is 5.28. The van der Waals surface area contributed by atoms with Gasteiger partial charge in [0.2, 0.25) is 5.91 Å². The molecular weight excluding hydrogens is 326 g/mol. The molecule has 0 radical (unpaired) electrons. The van der Waals surface area contributed by atoms with Crippen molar-refractivity contribution in [1.29, 1.82) is 0 Å². The fraction of sp³-hybridized carbons (Fsp3) is 0.773. The number of carbonyl (C=O) groups excluding carboxylic acids is 1. The van der Waals surface area contributed by atoms with E-state index >= 15 is 0 Å². The number of amides is 1. The number of rotatable bonds is 9. The van der Waals surface area contributed by atoms with E-state index in [1.165, 1.54) is 12.8 Å². The second kappa shape index (κ2) is 9.59. The van der Waals surface area contributed by atoms with Gasteiger partial charge in [-0.1, -0.05) is 34.1 Å². The van der Waals surface area contributed by atoms with Crippen molar-refractivity contribution in [2.75, 3.05) is 13.2 Å². The Bertz CT molecular complexity index is 538. The van der Waals surface area contributed by atoms with Gasteiger partial charge >= 0.3 is 0 Å². The van der Waals surface area contributed by atoms with Crippen LogP contribution in [0.2, 0.25) is 0 Å². The van der Waals surface area contributed by atoms with Crippen LogP contribution >= 0.6 is 0 Å². The minimum Gasteiger partial charge on any atom is -0.467 e. The third-order valence-electron chi connectivity index (χ3n) is 5.88. The van der Waals surface area contributed by atoms with Gasteiger partial charge in [0, 0.05) is 20.1 Å². The molecule has 1 fully saturated rings. The highest BCUT2D eigenvalue weighted by atomic mass is 16.5. The van der Waals surface area contributed by atoms with Crippen molar-refractivity contribution in [2.45, 2.75) is 79.4 Å². The first-order valence-electron chi connectivity index (χ1n) is 10.2. The van der Waals surface area contributed by atoms with Crippen LogP contribution in [0, 0.1) is 17.3 Å². The largest absolute Gasteiger partial charge is 0.467 e. The number of ether oxygens (including phenoxy) is 1. The molecule has 0 bridgehead atoms. The molecule has 148 valence electrons. The third-order valence-corrected chi connectivity index (χ3v) is 5.88. The number of nitrogens with zero attached hydrogens (tertiary/aromatic N) is 1. The van der Waals surface area contributed by atoms with Crippen LogP contribution in [0.3, 0.4) is 0 Å². The monoisotopic (exact) mass is 363 g/mol. The van der Waals surface area contributed by atoms with Crippen molar-refractivity contribution >= 4 is 5.91 Å². The molecule has 0 spiro atoms. The fourth-order valence-corrected chi connectivity index (χ4v) is 3.93. The van der Waals surface area contributed by atoms with E-state index in [1.807, 2.05) is 17.0 Å². The van der Waals surface area contributed by atoms with Crippen molar-refractivity contribution in [3.63, 3.8) is 0 Å². The Hall–Kier alpha value is -1.29. The van der Waals surface area contributed by atoms with Gasteiger partial charge in [0.25, 0.3) is 0 Å². The summed E-state index contributed by atoms with van der Waals surface area (Å²) in [5, 5.41) is 0. The highest BCUT2D eigenvalue weighted by Gasteiger charge is 2.38. The number of carbonyl (C=O) groups is 1. The summed E-state index contributed by atoms with van der Waals surface area (Å²) in [7, 11) is 0. The van der Waals surface area contributed by atoms with Gasteiger partial charge in [-0.15, -0.1) is 0 Å². The Labute approximate surface area is 159 Å². The van der Waals surface area contributed by atoms with Crippen LogP contribution in [-0.4, -0.2) is 30.1 Å². The van der Waals surface area contributed by atoms with Crippen LogP contribution in [-0.2, 0) is 16.1 Å². The fourth-order valence-electron chi connectivity index (χ4n) is 3.93. The van der Waals surface area contributed by atoms with E-state index < -0.39 is 0 Å². The first-order valence-corrected chi connectivity index (χ1v) is 10.2. The van der Waals surface area contributed by atoms with Gasteiger partial charge in [-0.2, -0.15) is 0 Å². The summed E-state index contributed by atoms with van der Waals surface area (Å²) in [5.41, 5.74) is 0.286. The molecule has 1 aromatic rings. The zero-order valence-electron chi connectivity index (χ0n) is 17.3. The van der Waals surface area contributed by atoms with Crippen LogP contribution in [0.25, 0.3) is 0 Å². The molecule has 2 heterocycles. The summed E-state index contributed by atoms with van der Waals surface area (Å²) in [6.45, 7) is 13.0. The van der Waals surface area contributed by atoms with Crippen molar-refractivity contribution in [3.05, 3.63) is 24.2 Å². The Balaban J connectivity index is 2.05. The number of furan rings is 1. The molecule has 0 unspecified atom stereocenters. The van der Waals surface area contributed by atoms with Crippen LogP contribution in [0.1, 0.15) is 72.5 Å². The summed E-state index contributed by atoms with van der Waals surface area (Å²) < 4.78 is 11.5.